The van der Waals surface area contributed by atoms with Gasteiger partial charge in [-0.1, -0.05) is 30.3 Å². The van der Waals surface area contributed by atoms with E-state index in [0.29, 0.717) is 28.1 Å². The van der Waals surface area contributed by atoms with E-state index < -0.39 is 52.4 Å². The van der Waals surface area contributed by atoms with Crippen molar-refractivity contribution in [3.05, 3.63) is 118 Å². The Labute approximate surface area is 221 Å². The minimum Gasteiger partial charge on any atom is -0.414 e. The van der Waals surface area contributed by atoms with Crippen molar-refractivity contribution in [2.75, 3.05) is 0 Å². The van der Waals surface area contributed by atoms with E-state index in [0.717, 1.165) is 37.0 Å². The molecule has 0 bridgehead atoms. The van der Waals surface area contributed by atoms with Gasteiger partial charge in [-0.3, -0.25) is 0 Å². The van der Waals surface area contributed by atoms with E-state index in [-0.39, 0.29) is 0 Å². The summed E-state index contributed by atoms with van der Waals surface area (Å²) >= 11 is 0.555. The van der Waals surface area contributed by atoms with Crippen molar-refractivity contribution >= 4 is 12.0 Å². The highest BCUT2D eigenvalue weighted by Crippen LogP contribution is 2.35. The lowest BCUT2D eigenvalue weighted by Gasteiger charge is -2.09. The molecule has 0 saturated heterocycles. The lowest BCUT2D eigenvalue weighted by Crippen LogP contribution is -2.04. The Hall–Kier alpha value is -3.60. The van der Waals surface area contributed by atoms with Crippen molar-refractivity contribution in [2.24, 2.45) is 0 Å². The normalized spacial score (nSPS) is 12.5. The number of hydrogen-bond donors (Lipinski definition) is 0. The Morgan fingerprint density at radius 1 is 0.615 bits per heavy atom. The van der Waals surface area contributed by atoms with Gasteiger partial charge < -0.3 is 4.18 Å². The third kappa shape index (κ3) is 6.52. The van der Waals surface area contributed by atoms with Crippen LogP contribution in [0.1, 0.15) is 23.1 Å². The van der Waals surface area contributed by atoms with E-state index in [1.165, 1.54) is 35.9 Å². The first-order valence-corrected chi connectivity index (χ1v) is 12.1. The highest BCUT2D eigenvalue weighted by molar-refractivity contribution is 7.95. The van der Waals surface area contributed by atoms with Crippen LogP contribution >= 0.6 is 12.0 Å². The van der Waals surface area contributed by atoms with Gasteiger partial charge in [0.1, 0.15) is 5.82 Å². The lowest BCUT2D eigenvalue weighted by atomic mass is 10.0. The van der Waals surface area contributed by atoms with Crippen molar-refractivity contribution in [1.82, 2.24) is 0 Å². The van der Waals surface area contributed by atoms with E-state index >= 15 is 0 Å². The molecule has 0 heterocycles. The van der Waals surface area contributed by atoms with Gasteiger partial charge in [-0.15, -0.1) is 0 Å². The predicted octanol–water partition coefficient (Wildman–Crippen LogP) is 9.47. The Bertz CT molecular complexity index is 1460. The van der Waals surface area contributed by atoms with Gasteiger partial charge in [0, 0.05) is 4.90 Å². The molecule has 0 amide bonds. The molecule has 4 aromatic carbocycles. The van der Waals surface area contributed by atoms with Gasteiger partial charge in [0.2, 0.25) is 34.8 Å². The van der Waals surface area contributed by atoms with Gasteiger partial charge in [0.05, 0.1) is 17.6 Å². The number of hydrogen-bond acceptors (Lipinski definition) is 2. The van der Waals surface area contributed by atoms with Crippen molar-refractivity contribution in [2.45, 2.75) is 30.3 Å². The zero-order valence-electron chi connectivity index (χ0n) is 19.7. The van der Waals surface area contributed by atoms with Gasteiger partial charge in [-0.25, -0.2) is 17.6 Å². The maximum atomic E-state index is 13.5. The molecule has 0 spiro atoms. The fourth-order valence-corrected chi connectivity index (χ4v) is 4.51. The second kappa shape index (κ2) is 11.6. The summed E-state index contributed by atoms with van der Waals surface area (Å²) in [6.45, 7) is 0. The summed E-state index contributed by atoms with van der Waals surface area (Å²) in [5, 5.41) is 0. The van der Waals surface area contributed by atoms with Crippen LogP contribution in [0.15, 0.2) is 71.6 Å². The molecular formula is C28H17F9OS. The van der Waals surface area contributed by atoms with E-state index in [1.807, 2.05) is 6.07 Å². The predicted molar refractivity (Wildman–Crippen MR) is 128 cm³/mol. The standard InChI is InChI=1S/C15H9F5OS.C13H8F4/c16-10-11(17)13(19)15(14(20)12(10)18)21-22-9-5-4-7-2-1-3-8(7)6-9;14-12-6-4-9(5-7-12)10-2-1-3-11(8-10)13(15,16)17/h4-6H,1-3H2;1-8H. The minimum absolute atomic E-state index is 0.416. The van der Waals surface area contributed by atoms with Crippen LogP contribution in [-0.4, -0.2) is 0 Å². The topological polar surface area (TPSA) is 9.23 Å². The molecule has 0 aromatic heterocycles. The van der Waals surface area contributed by atoms with Crippen LogP contribution in [0.5, 0.6) is 5.75 Å². The monoisotopic (exact) mass is 572 g/mol. The summed E-state index contributed by atoms with van der Waals surface area (Å²) in [6, 6.07) is 15.6. The molecule has 204 valence electrons. The molecule has 0 saturated carbocycles. The Morgan fingerprint density at radius 3 is 1.87 bits per heavy atom. The second-order valence-electron chi connectivity index (χ2n) is 8.44. The number of aryl methyl sites for hydroxylation is 2. The number of rotatable bonds is 4. The first-order valence-electron chi connectivity index (χ1n) is 11.4. The largest absolute Gasteiger partial charge is 0.416 e. The van der Waals surface area contributed by atoms with Crippen molar-refractivity contribution in [3.63, 3.8) is 0 Å². The van der Waals surface area contributed by atoms with Gasteiger partial charge in [0.15, 0.2) is 0 Å². The van der Waals surface area contributed by atoms with Crippen molar-refractivity contribution in [3.8, 4) is 16.9 Å². The van der Waals surface area contributed by atoms with Gasteiger partial charge in [-0.2, -0.15) is 22.0 Å². The maximum absolute atomic E-state index is 13.5. The Morgan fingerprint density at radius 2 is 1.23 bits per heavy atom. The summed E-state index contributed by atoms with van der Waals surface area (Å²) in [5.41, 5.74) is 2.56. The Kier molecular flexibility index (Phi) is 8.48. The molecule has 5 rings (SSSR count). The fraction of sp³-hybridized carbons (Fsp3) is 0.143. The number of alkyl halides is 3. The van der Waals surface area contributed by atoms with Gasteiger partial charge in [-0.05, 0) is 77.9 Å². The summed E-state index contributed by atoms with van der Waals surface area (Å²) in [5.74, 6) is -11.9. The molecule has 0 unspecified atom stereocenters. The fourth-order valence-electron chi connectivity index (χ4n) is 3.87. The number of halogens is 9. The third-order valence-electron chi connectivity index (χ3n) is 5.83. The number of fused-ring (bicyclic) bond motifs is 1. The molecular weight excluding hydrogens is 555 g/mol. The van der Waals surface area contributed by atoms with Crippen LogP contribution in [0, 0.1) is 34.9 Å². The highest BCUT2D eigenvalue weighted by Gasteiger charge is 2.30. The summed E-state index contributed by atoms with van der Waals surface area (Å²) in [7, 11) is 0. The van der Waals surface area contributed by atoms with Crippen LogP contribution < -0.4 is 4.18 Å². The maximum Gasteiger partial charge on any atom is 0.416 e. The van der Waals surface area contributed by atoms with Crippen molar-refractivity contribution in [1.29, 1.82) is 0 Å². The highest BCUT2D eigenvalue weighted by atomic mass is 32.2. The van der Waals surface area contributed by atoms with Gasteiger partial charge in [0.25, 0.3) is 0 Å². The zero-order valence-corrected chi connectivity index (χ0v) is 20.5. The van der Waals surface area contributed by atoms with Gasteiger partial charge >= 0.3 is 6.18 Å². The van der Waals surface area contributed by atoms with E-state index in [4.69, 9.17) is 4.18 Å². The van der Waals surface area contributed by atoms with E-state index in [2.05, 4.69) is 0 Å². The molecule has 1 aliphatic rings. The molecule has 39 heavy (non-hydrogen) atoms. The van der Waals surface area contributed by atoms with Crippen LogP contribution in [-0.2, 0) is 19.0 Å². The Balaban J connectivity index is 0.000000187. The molecule has 11 heteroatoms. The summed E-state index contributed by atoms with van der Waals surface area (Å²) in [4.78, 5) is 0.532. The van der Waals surface area contributed by atoms with Crippen LogP contribution in [0.4, 0.5) is 39.5 Å². The SMILES string of the molecule is Fc1c(F)c(F)c(OSc2ccc3c(c2)CCC3)c(F)c1F.Fc1ccc(-c2cccc(C(F)(F)F)c2)cc1. The first kappa shape index (κ1) is 28.4. The second-order valence-corrected chi connectivity index (χ2v) is 9.24. The third-order valence-corrected chi connectivity index (χ3v) is 6.52. The molecule has 0 aliphatic heterocycles. The molecule has 0 N–H and O–H groups in total. The zero-order chi connectivity index (χ0) is 28.3. The smallest absolute Gasteiger partial charge is 0.414 e. The van der Waals surface area contributed by atoms with Crippen LogP contribution in [0.2, 0.25) is 0 Å². The summed E-state index contributed by atoms with van der Waals surface area (Å²) < 4.78 is 121. The lowest BCUT2D eigenvalue weighted by molar-refractivity contribution is -0.137. The minimum atomic E-state index is -4.37. The average Bonchev–Trinajstić information content (AvgIpc) is 3.39. The molecule has 1 aliphatic carbocycles. The quantitative estimate of drug-likeness (QED) is 0.104. The molecule has 1 nitrogen and oxygen atoms in total. The van der Waals surface area contributed by atoms with Crippen LogP contribution in [0.3, 0.4) is 0 Å². The summed E-state index contributed by atoms with van der Waals surface area (Å²) in [6.07, 6.45) is -1.47. The molecule has 4 aromatic rings. The molecule has 0 fully saturated rings. The first-order chi connectivity index (χ1) is 18.5. The van der Waals surface area contributed by atoms with E-state index in [1.54, 1.807) is 18.2 Å². The van der Waals surface area contributed by atoms with Crippen molar-refractivity contribution < 1.29 is 43.7 Å². The van der Waals surface area contributed by atoms with Crippen LogP contribution in [0.25, 0.3) is 11.1 Å². The molecule has 0 radical (unpaired) electrons. The van der Waals surface area contributed by atoms with E-state index in [9.17, 15) is 39.5 Å². The average molecular weight is 572 g/mol. The molecule has 0 atom stereocenters. The number of benzene rings is 4.